The van der Waals surface area contributed by atoms with Gasteiger partial charge in [-0.1, -0.05) is 6.07 Å². The van der Waals surface area contributed by atoms with E-state index in [4.69, 9.17) is 0 Å². The zero-order valence-corrected chi connectivity index (χ0v) is 11.6. The van der Waals surface area contributed by atoms with Crippen molar-refractivity contribution in [2.45, 2.75) is 13.5 Å². The van der Waals surface area contributed by atoms with Crippen molar-refractivity contribution in [2.24, 2.45) is 0 Å². The highest BCUT2D eigenvalue weighted by molar-refractivity contribution is 9.11. The molecular weight excluding hydrogens is 300 g/mol. The monoisotopic (exact) mass is 310 g/mol. The van der Waals surface area contributed by atoms with Gasteiger partial charge in [0.15, 0.2) is 0 Å². The Morgan fingerprint density at radius 1 is 1.53 bits per heavy atom. The summed E-state index contributed by atoms with van der Waals surface area (Å²) in [4.78, 5) is 16.1. The first-order valence-electron chi connectivity index (χ1n) is 5.10. The number of pyridine rings is 1. The van der Waals surface area contributed by atoms with Crippen LogP contribution in [0.15, 0.2) is 33.4 Å². The van der Waals surface area contributed by atoms with Gasteiger partial charge in [0.2, 0.25) is 0 Å². The molecule has 0 atom stereocenters. The van der Waals surface area contributed by atoms with Gasteiger partial charge in [-0.15, -0.1) is 11.3 Å². The van der Waals surface area contributed by atoms with E-state index >= 15 is 0 Å². The molecule has 88 valence electrons. The molecule has 0 saturated carbocycles. The van der Waals surface area contributed by atoms with Crippen molar-refractivity contribution in [1.82, 2.24) is 10.3 Å². The second kappa shape index (κ2) is 5.42. The Morgan fingerprint density at radius 2 is 2.35 bits per heavy atom. The van der Waals surface area contributed by atoms with Crippen LogP contribution in [0.3, 0.4) is 0 Å². The van der Waals surface area contributed by atoms with Crippen LogP contribution in [0.1, 0.15) is 21.7 Å². The second-order valence-electron chi connectivity index (χ2n) is 3.59. The summed E-state index contributed by atoms with van der Waals surface area (Å²) in [6, 6.07) is 7.58. The van der Waals surface area contributed by atoms with Crippen LogP contribution < -0.4 is 5.32 Å². The number of nitrogens with one attached hydrogen (secondary N) is 1. The van der Waals surface area contributed by atoms with Crippen LogP contribution in [-0.2, 0) is 6.54 Å². The maximum absolute atomic E-state index is 11.8. The summed E-state index contributed by atoms with van der Waals surface area (Å²) in [6.07, 6.45) is 0. The highest BCUT2D eigenvalue weighted by atomic mass is 79.9. The average Bonchev–Trinajstić information content (AvgIpc) is 2.73. The van der Waals surface area contributed by atoms with Crippen molar-refractivity contribution in [3.8, 4) is 0 Å². The molecule has 0 aliphatic heterocycles. The zero-order chi connectivity index (χ0) is 12.3. The molecule has 3 nitrogen and oxygen atoms in total. The minimum Gasteiger partial charge on any atom is -0.346 e. The quantitative estimate of drug-likeness (QED) is 0.946. The van der Waals surface area contributed by atoms with E-state index in [-0.39, 0.29) is 5.91 Å². The van der Waals surface area contributed by atoms with Gasteiger partial charge in [-0.3, -0.25) is 9.78 Å². The maximum Gasteiger partial charge on any atom is 0.252 e. The minimum atomic E-state index is -0.0738. The van der Waals surface area contributed by atoms with E-state index < -0.39 is 0 Å². The molecule has 2 rings (SSSR count). The van der Waals surface area contributed by atoms with Crippen molar-refractivity contribution < 1.29 is 4.79 Å². The summed E-state index contributed by atoms with van der Waals surface area (Å²) < 4.78 is 0.955. The maximum atomic E-state index is 11.8. The predicted molar refractivity (Wildman–Crippen MR) is 72.2 cm³/mol. The molecule has 2 heterocycles. The third-order valence-corrected chi connectivity index (χ3v) is 3.71. The Hall–Kier alpha value is -1.20. The molecule has 0 unspecified atom stereocenters. The summed E-state index contributed by atoms with van der Waals surface area (Å²) >= 11 is 4.83. The lowest BCUT2D eigenvalue weighted by Gasteiger charge is -2.03. The highest BCUT2D eigenvalue weighted by Crippen LogP contribution is 2.20. The Labute approximate surface area is 112 Å². The number of aromatic nitrogens is 1. The third-order valence-electron chi connectivity index (χ3n) is 2.21. The summed E-state index contributed by atoms with van der Waals surface area (Å²) in [5.41, 5.74) is 2.50. The molecular formula is C12H11BrN2OS. The van der Waals surface area contributed by atoms with Crippen LogP contribution in [0.25, 0.3) is 0 Å². The van der Waals surface area contributed by atoms with Gasteiger partial charge in [0.05, 0.1) is 21.6 Å². The minimum absolute atomic E-state index is 0.0738. The molecule has 1 N–H and O–H groups in total. The second-order valence-corrected chi connectivity index (χ2v) is 5.88. The Bertz CT molecular complexity index is 539. The topological polar surface area (TPSA) is 42.0 Å². The molecule has 2 aromatic rings. The number of nitrogens with zero attached hydrogens (tertiary/aromatic N) is 1. The Morgan fingerprint density at radius 3 is 3.00 bits per heavy atom. The van der Waals surface area contributed by atoms with Gasteiger partial charge in [0.1, 0.15) is 0 Å². The molecule has 0 bridgehead atoms. The van der Waals surface area contributed by atoms with Crippen molar-refractivity contribution in [3.63, 3.8) is 0 Å². The van der Waals surface area contributed by atoms with Gasteiger partial charge < -0.3 is 5.32 Å². The molecule has 0 fully saturated rings. The fraction of sp³-hybridized carbons (Fsp3) is 0.167. The van der Waals surface area contributed by atoms with Gasteiger partial charge in [-0.25, -0.2) is 0 Å². The molecule has 0 aliphatic rings. The lowest BCUT2D eigenvalue weighted by atomic mass is 10.3. The van der Waals surface area contributed by atoms with E-state index in [1.54, 1.807) is 0 Å². The SMILES string of the molecule is Cc1cccc(CNC(=O)c2csc(Br)c2)n1. The standard InChI is InChI=1S/C12H11BrN2OS/c1-8-3-2-4-10(15-8)6-14-12(16)9-5-11(13)17-7-9/h2-5,7H,6H2,1H3,(H,14,16). The van der Waals surface area contributed by atoms with E-state index in [9.17, 15) is 4.79 Å². The van der Waals surface area contributed by atoms with Crippen LogP contribution >= 0.6 is 27.3 Å². The first kappa shape index (κ1) is 12.3. The lowest BCUT2D eigenvalue weighted by Crippen LogP contribution is -2.22. The largest absolute Gasteiger partial charge is 0.346 e. The fourth-order valence-electron chi connectivity index (χ4n) is 1.40. The molecule has 0 saturated heterocycles. The van der Waals surface area contributed by atoms with Crippen molar-refractivity contribution in [1.29, 1.82) is 0 Å². The summed E-state index contributed by atoms with van der Waals surface area (Å²) in [6.45, 7) is 2.38. The van der Waals surface area contributed by atoms with Crippen LogP contribution in [-0.4, -0.2) is 10.9 Å². The number of carbonyl (C=O) groups is 1. The molecule has 2 aromatic heterocycles. The first-order chi connectivity index (χ1) is 8.15. The number of amides is 1. The fourth-order valence-corrected chi connectivity index (χ4v) is 2.54. The molecule has 17 heavy (non-hydrogen) atoms. The smallest absolute Gasteiger partial charge is 0.252 e. The third kappa shape index (κ3) is 3.38. The van der Waals surface area contributed by atoms with E-state index in [0.29, 0.717) is 12.1 Å². The lowest BCUT2D eigenvalue weighted by molar-refractivity contribution is 0.0951. The first-order valence-corrected chi connectivity index (χ1v) is 6.77. The van der Waals surface area contributed by atoms with E-state index in [1.807, 2.05) is 36.6 Å². The number of thiophene rings is 1. The molecule has 1 amide bonds. The molecule has 0 aliphatic carbocycles. The number of aryl methyl sites for hydroxylation is 1. The summed E-state index contributed by atoms with van der Waals surface area (Å²) in [5.74, 6) is -0.0738. The van der Waals surface area contributed by atoms with Gasteiger partial charge in [-0.2, -0.15) is 0 Å². The Kier molecular flexibility index (Phi) is 3.91. The van der Waals surface area contributed by atoms with Gasteiger partial charge in [0, 0.05) is 11.1 Å². The van der Waals surface area contributed by atoms with Crippen LogP contribution in [0.2, 0.25) is 0 Å². The predicted octanol–water partition coefficient (Wildman–Crippen LogP) is 3.14. The highest BCUT2D eigenvalue weighted by Gasteiger charge is 2.07. The number of rotatable bonds is 3. The number of halogens is 1. The Balaban J connectivity index is 1.97. The van der Waals surface area contributed by atoms with Crippen molar-refractivity contribution in [2.75, 3.05) is 0 Å². The molecule has 5 heteroatoms. The number of carbonyl (C=O) groups excluding carboxylic acids is 1. The zero-order valence-electron chi connectivity index (χ0n) is 9.24. The van der Waals surface area contributed by atoms with Crippen LogP contribution in [0, 0.1) is 6.92 Å². The van der Waals surface area contributed by atoms with Crippen LogP contribution in [0.4, 0.5) is 0 Å². The van der Waals surface area contributed by atoms with E-state index in [2.05, 4.69) is 26.2 Å². The van der Waals surface area contributed by atoms with Crippen molar-refractivity contribution in [3.05, 3.63) is 50.4 Å². The van der Waals surface area contributed by atoms with Crippen molar-refractivity contribution >= 4 is 33.2 Å². The van der Waals surface area contributed by atoms with Gasteiger partial charge >= 0.3 is 0 Å². The number of hydrogen-bond donors (Lipinski definition) is 1. The number of hydrogen-bond acceptors (Lipinski definition) is 3. The van der Waals surface area contributed by atoms with Gasteiger partial charge in [0.25, 0.3) is 5.91 Å². The van der Waals surface area contributed by atoms with E-state index in [1.165, 1.54) is 11.3 Å². The van der Waals surface area contributed by atoms with E-state index in [0.717, 1.165) is 15.2 Å². The summed E-state index contributed by atoms with van der Waals surface area (Å²) in [5, 5.41) is 4.66. The normalized spacial score (nSPS) is 10.2. The average molecular weight is 311 g/mol. The molecule has 0 aromatic carbocycles. The molecule has 0 radical (unpaired) electrons. The van der Waals surface area contributed by atoms with Crippen LogP contribution in [0.5, 0.6) is 0 Å². The molecule has 0 spiro atoms. The van der Waals surface area contributed by atoms with Gasteiger partial charge in [-0.05, 0) is 41.1 Å². The summed E-state index contributed by atoms with van der Waals surface area (Å²) in [7, 11) is 0.